The highest BCUT2D eigenvalue weighted by Gasteiger charge is 2.28. The lowest BCUT2D eigenvalue weighted by molar-refractivity contribution is 0.0494. The molecule has 1 aliphatic rings. The third kappa shape index (κ3) is 4.05. The van der Waals surface area contributed by atoms with Crippen molar-refractivity contribution in [2.24, 2.45) is 0 Å². The van der Waals surface area contributed by atoms with Crippen molar-refractivity contribution in [3.8, 4) is 0 Å². The average molecular weight is 216 g/mol. The molecule has 5 nitrogen and oxygen atoms in total. The van der Waals surface area contributed by atoms with E-state index in [-0.39, 0.29) is 18.7 Å². The minimum Gasteiger partial charge on any atom is -0.444 e. The maximum atomic E-state index is 11.4. The summed E-state index contributed by atoms with van der Waals surface area (Å²) in [5.41, 5.74) is -0.481. The first kappa shape index (κ1) is 12.3. The van der Waals surface area contributed by atoms with E-state index in [1.54, 1.807) is 0 Å². The molecule has 0 radical (unpaired) electrons. The van der Waals surface area contributed by atoms with E-state index in [1.807, 2.05) is 20.8 Å². The highest BCUT2D eigenvalue weighted by molar-refractivity contribution is 5.68. The predicted molar refractivity (Wildman–Crippen MR) is 56.7 cm³/mol. The molecule has 0 aromatic heterocycles. The Labute approximate surface area is 90.2 Å². The molecule has 0 aromatic carbocycles. The van der Waals surface area contributed by atoms with E-state index in [0.29, 0.717) is 0 Å². The lowest BCUT2D eigenvalue weighted by Crippen LogP contribution is -2.46. The third-order valence-electron chi connectivity index (χ3n) is 2.25. The van der Waals surface area contributed by atoms with Gasteiger partial charge in [0.15, 0.2) is 0 Å². The first-order chi connectivity index (χ1) is 6.92. The van der Waals surface area contributed by atoms with Gasteiger partial charge >= 0.3 is 6.09 Å². The molecule has 5 heteroatoms. The van der Waals surface area contributed by atoms with Gasteiger partial charge in [0.05, 0.1) is 18.7 Å². The third-order valence-corrected chi connectivity index (χ3v) is 2.25. The van der Waals surface area contributed by atoms with Crippen molar-refractivity contribution in [3.63, 3.8) is 0 Å². The van der Waals surface area contributed by atoms with E-state index in [4.69, 9.17) is 9.84 Å². The van der Waals surface area contributed by atoms with E-state index in [9.17, 15) is 4.79 Å². The number of carbonyl (C=O) groups is 1. The molecule has 0 bridgehead atoms. The van der Waals surface area contributed by atoms with Gasteiger partial charge in [0.25, 0.3) is 0 Å². The van der Waals surface area contributed by atoms with Crippen LogP contribution in [-0.2, 0) is 4.74 Å². The van der Waals surface area contributed by atoms with Crippen molar-refractivity contribution < 1.29 is 14.6 Å². The minimum atomic E-state index is -0.481. The zero-order chi connectivity index (χ0) is 11.5. The normalized spacial score (nSPS) is 26.4. The molecule has 3 N–H and O–H groups in total. The predicted octanol–water partition coefficient (Wildman–Crippen LogP) is 0.234. The SMILES string of the molecule is CC(C)(C)OC(=O)N[C@@H]1CCN[C@H]1CO. The molecule has 2 atom stereocenters. The van der Waals surface area contributed by atoms with Crippen LogP contribution in [0, 0.1) is 0 Å². The fourth-order valence-electron chi connectivity index (χ4n) is 1.59. The number of aliphatic hydroxyl groups excluding tert-OH is 1. The Morgan fingerprint density at radius 2 is 2.27 bits per heavy atom. The van der Waals surface area contributed by atoms with Crippen LogP contribution in [0.4, 0.5) is 4.79 Å². The Bertz CT molecular complexity index is 225. The van der Waals surface area contributed by atoms with Crippen molar-refractivity contribution in [1.82, 2.24) is 10.6 Å². The summed E-state index contributed by atoms with van der Waals surface area (Å²) < 4.78 is 5.13. The molecule has 1 fully saturated rings. The summed E-state index contributed by atoms with van der Waals surface area (Å²) in [4.78, 5) is 11.4. The Kier molecular flexibility index (Phi) is 3.93. The lowest BCUT2D eigenvalue weighted by atomic mass is 10.1. The second-order valence-electron chi connectivity index (χ2n) is 4.78. The van der Waals surface area contributed by atoms with Crippen LogP contribution in [0.15, 0.2) is 0 Å². The van der Waals surface area contributed by atoms with Crippen LogP contribution in [0.3, 0.4) is 0 Å². The van der Waals surface area contributed by atoms with Crippen molar-refractivity contribution in [2.75, 3.05) is 13.2 Å². The van der Waals surface area contributed by atoms with E-state index in [2.05, 4.69) is 10.6 Å². The largest absolute Gasteiger partial charge is 0.444 e. The molecule has 88 valence electrons. The molecule has 15 heavy (non-hydrogen) atoms. The summed E-state index contributed by atoms with van der Waals surface area (Å²) >= 11 is 0. The van der Waals surface area contributed by atoms with Crippen molar-refractivity contribution >= 4 is 6.09 Å². The Balaban J connectivity index is 2.37. The molecule has 1 saturated heterocycles. The molecule has 0 unspecified atom stereocenters. The summed E-state index contributed by atoms with van der Waals surface area (Å²) in [7, 11) is 0. The van der Waals surface area contributed by atoms with Gasteiger partial charge in [-0.25, -0.2) is 4.79 Å². The quantitative estimate of drug-likeness (QED) is 0.618. The molecule has 1 amide bonds. The van der Waals surface area contributed by atoms with Crippen LogP contribution in [0.1, 0.15) is 27.2 Å². The highest BCUT2D eigenvalue weighted by Crippen LogP contribution is 2.10. The number of nitrogens with one attached hydrogen (secondary N) is 2. The van der Waals surface area contributed by atoms with E-state index < -0.39 is 11.7 Å². The number of carbonyl (C=O) groups excluding carboxylic acids is 1. The van der Waals surface area contributed by atoms with Crippen LogP contribution >= 0.6 is 0 Å². The maximum absolute atomic E-state index is 11.4. The average Bonchev–Trinajstić information content (AvgIpc) is 2.48. The van der Waals surface area contributed by atoms with Gasteiger partial charge in [0.1, 0.15) is 5.60 Å². The van der Waals surface area contributed by atoms with Gasteiger partial charge in [-0.05, 0) is 33.7 Å². The number of aliphatic hydroxyl groups is 1. The van der Waals surface area contributed by atoms with Gasteiger partial charge in [-0.2, -0.15) is 0 Å². The van der Waals surface area contributed by atoms with Crippen molar-refractivity contribution in [3.05, 3.63) is 0 Å². The van der Waals surface area contributed by atoms with Crippen LogP contribution in [0.25, 0.3) is 0 Å². The van der Waals surface area contributed by atoms with E-state index in [1.165, 1.54) is 0 Å². The van der Waals surface area contributed by atoms with Gasteiger partial charge in [-0.3, -0.25) is 0 Å². The number of rotatable bonds is 2. The van der Waals surface area contributed by atoms with Crippen LogP contribution in [0.2, 0.25) is 0 Å². The molecule has 0 aliphatic carbocycles. The molecule has 0 aromatic rings. The molecule has 0 spiro atoms. The number of hydrogen-bond acceptors (Lipinski definition) is 4. The first-order valence-electron chi connectivity index (χ1n) is 5.26. The molecule has 1 rings (SSSR count). The minimum absolute atomic E-state index is 0.0282. The van der Waals surface area contributed by atoms with Crippen LogP contribution < -0.4 is 10.6 Å². The zero-order valence-electron chi connectivity index (χ0n) is 9.54. The number of hydrogen-bond donors (Lipinski definition) is 3. The van der Waals surface area contributed by atoms with Gasteiger partial charge in [-0.1, -0.05) is 0 Å². The molecule has 0 saturated carbocycles. The van der Waals surface area contributed by atoms with Gasteiger partial charge in [0.2, 0.25) is 0 Å². The van der Waals surface area contributed by atoms with Crippen molar-refractivity contribution in [2.45, 2.75) is 44.9 Å². The van der Waals surface area contributed by atoms with Crippen molar-refractivity contribution in [1.29, 1.82) is 0 Å². The maximum Gasteiger partial charge on any atom is 0.407 e. The standard InChI is InChI=1S/C10H20N2O3/c1-10(2,3)15-9(14)12-7-4-5-11-8(7)6-13/h7-8,11,13H,4-6H2,1-3H3,(H,12,14)/t7-,8+/m1/s1. The second-order valence-corrected chi connectivity index (χ2v) is 4.78. The Morgan fingerprint density at radius 3 is 2.80 bits per heavy atom. The smallest absolute Gasteiger partial charge is 0.407 e. The summed E-state index contributed by atoms with van der Waals surface area (Å²) in [6.07, 6.45) is 0.402. The molecule has 1 heterocycles. The topological polar surface area (TPSA) is 70.6 Å². The fourth-order valence-corrected chi connectivity index (χ4v) is 1.59. The highest BCUT2D eigenvalue weighted by atomic mass is 16.6. The zero-order valence-corrected chi connectivity index (χ0v) is 9.54. The van der Waals surface area contributed by atoms with E-state index >= 15 is 0 Å². The van der Waals surface area contributed by atoms with Gasteiger partial charge < -0.3 is 20.5 Å². The molecular weight excluding hydrogens is 196 g/mol. The van der Waals surface area contributed by atoms with Crippen LogP contribution in [-0.4, -0.2) is 42.0 Å². The lowest BCUT2D eigenvalue weighted by Gasteiger charge is -2.23. The summed E-state index contributed by atoms with van der Waals surface area (Å²) in [6.45, 7) is 6.31. The number of amides is 1. The molecule has 1 aliphatic heterocycles. The monoisotopic (exact) mass is 216 g/mol. The van der Waals surface area contributed by atoms with Gasteiger partial charge in [-0.15, -0.1) is 0 Å². The Hall–Kier alpha value is -0.810. The van der Waals surface area contributed by atoms with E-state index in [0.717, 1.165) is 13.0 Å². The van der Waals surface area contributed by atoms with Crippen LogP contribution in [0.5, 0.6) is 0 Å². The first-order valence-corrected chi connectivity index (χ1v) is 5.26. The molecular formula is C10H20N2O3. The summed E-state index contributed by atoms with van der Waals surface area (Å²) in [5.74, 6) is 0. The summed E-state index contributed by atoms with van der Waals surface area (Å²) in [6, 6.07) is -0.0950. The Morgan fingerprint density at radius 1 is 1.60 bits per heavy atom. The fraction of sp³-hybridized carbons (Fsp3) is 0.900. The van der Waals surface area contributed by atoms with Gasteiger partial charge in [0, 0.05) is 0 Å². The number of alkyl carbamates (subject to hydrolysis) is 1. The number of ether oxygens (including phenoxy) is 1. The summed E-state index contributed by atoms with van der Waals surface area (Å²) in [5, 5.41) is 14.9. The second kappa shape index (κ2) is 4.81.